The number of aromatic nitrogens is 4. The molecule has 1 aliphatic heterocycles. The van der Waals surface area contributed by atoms with Crippen LogP contribution >= 0.6 is 12.2 Å². The maximum atomic E-state index is 12.8. The van der Waals surface area contributed by atoms with Gasteiger partial charge in [-0.3, -0.25) is 14.3 Å². The summed E-state index contributed by atoms with van der Waals surface area (Å²) in [6.45, 7) is 6.94. The Morgan fingerprint density at radius 1 is 1.21 bits per heavy atom. The highest BCUT2D eigenvalue weighted by molar-refractivity contribution is 7.71. The van der Waals surface area contributed by atoms with Gasteiger partial charge in [0.2, 0.25) is 5.95 Å². The van der Waals surface area contributed by atoms with Gasteiger partial charge in [-0.05, 0) is 38.1 Å². The van der Waals surface area contributed by atoms with Gasteiger partial charge in [-0.1, -0.05) is 12.2 Å². The molecule has 0 saturated carbocycles. The van der Waals surface area contributed by atoms with E-state index in [4.69, 9.17) is 21.7 Å². The minimum Gasteiger partial charge on any atom is -0.494 e. The van der Waals surface area contributed by atoms with Crippen LogP contribution in [0.1, 0.15) is 12.7 Å². The van der Waals surface area contributed by atoms with E-state index in [1.165, 1.54) is 0 Å². The minimum absolute atomic E-state index is 0.288. The van der Waals surface area contributed by atoms with Gasteiger partial charge in [0.05, 0.1) is 19.8 Å². The van der Waals surface area contributed by atoms with Crippen LogP contribution < -0.4 is 15.2 Å². The molecule has 1 aromatic carbocycles. The number of ether oxygens (including phenoxy) is 2. The summed E-state index contributed by atoms with van der Waals surface area (Å²) >= 11 is 5.63. The molecule has 3 aromatic rings. The van der Waals surface area contributed by atoms with Crippen LogP contribution in [0.3, 0.4) is 0 Å². The number of anilines is 1. The summed E-state index contributed by atoms with van der Waals surface area (Å²) in [5, 5.41) is 0.312. The highest BCUT2D eigenvalue weighted by Gasteiger charge is 2.17. The second-order valence-corrected chi connectivity index (χ2v) is 6.80. The lowest BCUT2D eigenvalue weighted by atomic mass is 10.2. The molecule has 0 spiro atoms. The van der Waals surface area contributed by atoms with E-state index in [9.17, 15) is 4.79 Å². The molecule has 9 heteroatoms. The molecular formula is C19H21N5O3S. The Hall–Kier alpha value is -2.78. The molecule has 3 heterocycles. The largest absolute Gasteiger partial charge is 0.494 e. The average Bonchev–Trinajstić information content (AvgIpc) is 2.69. The third-order valence-corrected chi connectivity index (χ3v) is 5.00. The van der Waals surface area contributed by atoms with Crippen LogP contribution in [0.15, 0.2) is 29.1 Å². The zero-order valence-corrected chi connectivity index (χ0v) is 16.6. The smallest absolute Gasteiger partial charge is 0.264 e. The third-order valence-electron chi connectivity index (χ3n) is 4.61. The second-order valence-electron chi connectivity index (χ2n) is 6.41. The van der Waals surface area contributed by atoms with Gasteiger partial charge in [0.25, 0.3) is 5.56 Å². The molecule has 146 valence electrons. The van der Waals surface area contributed by atoms with Crippen molar-refractivity contribution in [3.63, 3.8) is 0 Å². The van der Waals surface area contributed by atoms with Crippen molar-refractivity contribution < 1.29 is 9.47 Å². The number of nitrogens with one attached hydrogen (secondary N) is 1. The number of aromatic amines is 1. The number of aryl methyl sites for hydroxylation is 1. The highest BCUT2D eigenvalue weighted by atomic mass is 32.1. The first kappa shape index (κ1) is 18.6. The Balaban J connectivity index is 1.82. The fourth-order valence-corrected chi connectivity index (χ4v) is 3.69. The normalized spacial score (nSPS) is 14.4. The van der Waals surface area contributed by atoms with Crippen LogP contribution in [0, 0.1) is 11.6 Å². The molecule has 0 radical (unpaired) electrons. The monoisotopic (exact) mass is 399 g/mol. The standard InChI is InChI=1S/C19H21N5O3S/c1-3-27-14-6-4-13(5-7-14)24-12(2)20-16-15(18(24)28)17(25)22-19(21-16)23-8-10-26-11-9-23/h4-7H,3,8-11H2,1-2H3,(H,21,22,25). The van der Waals surface area contributed by atoms with Crippen LogP contribution in [0.25, 0.3) is 16.7 Å². The lowest BCUT2D eigenvalue weighted by Gasteiger charge is -2.27. The van der Waals surface area contributed by atoms with Gasteiger partial charge < -0.3 is 14.4 Å². The first-order chi connectivity index (χ1) is 13.6. The van der Waals surface area contributed by atoms with Gasteiger partial charge in [0, 0.05) is 18.8 Å². The molecule has 8 nitrogen and oxygen atoms in total. The lowest BCUT2D eigenvalue weighted by Crippen LogP contribution is -2.38. The molecule has 0 atom stereocenters. The number of H-pyrrole nitrogens is 1. The fraction of sp³-hybridized carbons (Fsp3) is 0.368. The van der Waals surface area contributed by atoms with E-state index in [2.05, 4.69) is 15.0 Å². The SMILES string of the molecule is CCOc1ccc(-n2c(C)nc3nc(N4CCOCC4)[nH]c(=O)c3c2=S)cc1. The van der Waals surface area contributed by atoms with Crippen LogP contribution in [-0.2, 0) is 4.74 Å². The first-order valence-corrected chi connectivity index (χ1v) is 9.59. The molecule has 2 aromatic heterocycles. The molecule has 1 fully saturated rings. The van der Waals surface area contributed by atoms with Crippen LogP contribution in [-0.4, -0.2) is 52.4 Å². The molecule has 4 rings (SSSR count). The quantitative estimate of drug-likeness (QED) is 0.674. The van der Waals surface area contributed by atoms with E-state index in [-0.39, 0.29) is 5.56 Å². The summed E-state index contributed by atoms with van der Waals surface area (Å²) in [4.78, 5) is 26.8. The Morgan fingerprint density at radius 2 is 1.93 bits per heavy atom. The van der Waals surface area contributed by atoms with E-state index < -0.39 is 0 Å². The van der Waals surface area contributed by atoms with E-state index in [0.29, 0.717) is 60.4 Å². The number of rotatable bonds is 4. The predicted octanol–water partition coefficient (Wildman–Crippen LogP) is 2.38. The first-order valence-electron chi connectivity index (χ1n) is 9.18. The van der Waals surface area contributed by atoms with Crippen LogP contribution in [0.2, 0.25) is 0 Å². The summed E-state index contributed by atoms with van der Waals surface area (Å²) in [5.41, 5.74) is 0.885. The topological polar surface area (TPSA) is 85.3 Å². The van der Waals surface area contributed by atoms with Crippen molar-refractivity contribution in [1.29, 1.82) is 0 Å². The van der Waals surface area contributed by atoms with Gasteiger partial charge in [-0.15, -0.1) is 0 Å². The number of morpholine rings is 1. The molecule has 0 amide bonds. The molecule has 0 bridgehead atoms. The van der Waals surface area contributed by atoms with Crippen LogP contribution in [0.4, 0.5) is 5.95 Å². The summed E-state index contributed by atoms with van der Waals surface area (Å²) in [7, 11) is 0. The Morgan fingerprint density at radius 3 is 2.61 bits per heavy atom. The maximum absolute atomic E-state index is 12.8. The highest BCUT2D eigenvalue weighted by Crippen LogP contribution is 2.20. The van der Waals surface area contributed by atoms with Crippen molar-refractivity contribution in [3.8, 4) is 11.4 Å². The van der Waals surface area contributed by atoms with Crippen molar-refractivity contribution in [2.45, 2.75) is 13.8 Å². The Bertz CT molecular complexity index is 1120. The maximum Gasteiger partial charge on any atom is 0.264 e. The lowest BCUT2D eigenvalue weighted by molar-refractivity contribution is 0.122. The number of benzene rings is 1. The van der Waals surface area contributed by atoms with E-state index >= 15 is 0 Å². The van der Waals surface area contributed by atoms with Gasteiger partial charge in [0.1, 0.15) is 21.6 Å². The zero-order valence-electron chi connectivity index (χ0n) is 15.8. The average molecular weight is 399 g/mol. The van der Waals surface area contributed by atoms with Crippen molar-refractivity contribution in [2.24, 2.45) is 0 Å². The summed E-state index contributed by atoms with van der Waals surface area (Å²) in [6.07, 6.45) is 0. The molecule has 1 aliphatic rings. The van der Waals surface area contributed by atoms with E-state index in [1.54, 1.807) is 4.57 Å². The summed E-state index contributed by atoms with van der Waals surface area (Å²) in [6, 6.07) is 7.53. The van der Waals surface area contributed by atoms with Gasteiger partial charge >= 0.3 is 0 Å². The van der Waals surface area contributed by atoms with Crippen molar-refractivity contribution in [2.75, 3.05) is 37.8 Å². The van der Waals surface area contributed by atoms with Crippen molar-refractivity contribution in [3.05, 3.63) is 45.1 Å². The number of nitrogens with zero attached hydrogens (tertiary/aromatic N) is 4. The predicted molar refractivity (Wildman–Crippen MR) is 109 cm³/mol. The number of hydrogen-bond acceptors (Lipinski definition) is 7. The molecule has 0 aliphatic carbocycles. The second kappa shape index (κ2) is 7.69. The zero-order chi connectivity index (χ0) is 19.7. The minimum atomic E-state index is -0.288. The fourth-order valence-electron chi connectivity index (χ4n) is 3.27. The van der Waals surface area contributed by atoms with Gasteiger partial charge in [0.15, 0.2) is 5.65 Å². The molecule has 1 saturated heterocycles. The number of hydrogen-bond donors (Lipinski definition) is 1. The van der Waals surface area contributed by atoms with Crippen molar-refractivity contribution in [1.82, 2.24) is 19.5 Å². The van der Waals surface area contributed by atoms with E-state index in [1.807, 2.05) is 43.0 Å². The van der Waals surface area contributed by atoms with Gasteiger partial charge in [-0.2, -0.15) is 4.98 Å². The van der Waals surface area contributed by atoms with E-state index in [0.717, 1.165) is 11.4 Å². The Kier molecular flexibility index (Phi) is 5.10. The molecule has 0 unspecified atom stereocenters. The van der Waals surface area contributed by atoms with Gasteiger partial charge in [-0.25, -0.2) is 4.98 Å². The molecule has 1 N–H and O–H groups in total. The summed E-state index contributed by atoms with van der Waals surface area (Å²) in [5.74, 6) is 1.94. The Labute approximate surface area is 166 Å². The molecule has 28 heavy (non-hydrogen) atoms. The molecular weight excluding hydrogens is 378 g/mol. The summed E-state index contributed by atoms with van der Waals surface area (Å²) < 4.78 is 13.0. The third kappa shape index (κ3) is 3.38. The van der Waals surface area contributed by atoms with Crippen LogP contribution in [0.5, 0.6) is 5.75 Å². The van der Waals surface area contributed by atoms with Crippen molar-refractivity contribution >= 4 is 29.2 Å². The number of fused-ring (bicyclic) bond motifs is 1.